The third-order valence-electron chi connectivity index (χ3n) is 1.20. The van der Waals surface area contributed by atoms with E-state index in [0.717, 1.165) is 0 Å². The molecule has 0 radical (unpaired) electrons. The molecular weight excluding hydrogens is 182 g/mol. The average Bonchev–Trinajstić information content (AvgIpc) is 2.01. The molecule has 2 N–H and O–H groups in total. The highest BCUT2D eigenvalue weighted by Gasteiger charge is 2.07. The van der Waals surface area contributed by atoms with Crippen molar-refractivity contribution in [3.8, 4) is 0 Å². The van der Waals surface area contributed by atoms with E-state index in [4.69, 9.17) is 9.84 Å². The molecule has 0 saturated carbocycles. The van der Waals surface area contributed by atoms with E-state index in [1.165, 1.54) is 7.11 Å². The van der Waals surface area contributed by atoms with Crippen molar-refractivity contribution in [1.29, 1.82) is 0 Å². The van der Waals surface area contributed by atoms with Crippen LogP contribution in [-0.2, 0) is 14.8 Å². The third kappa shape index (κ3) is 6.53. The summed E-state index contributed by atoms with van der Waals surface area (Å²) >= 11 is 0. The molecule has 0 heterocycles. The minimum atomic E-state index is -3.21. The van der Waals surface area contributed by atoms with E-state index in [1.54, 1.807) is 0 Å². The first-order valence-electron chi connectivity index (χ1n) is 3.69. The number of methoxy groups -OCH3 is 1. The molecular formula is C6H15NO4S. The second-order valence-electron chi connectivity index (χ2n) is 2.28. The number of hydrogen-bond donors (Lipinski definition) is 2. The number of aliphatic hydroxyl groups is 1. The minimum Gasteiger partial charge on any atom is -0.395 e. The molecule has 0 aromatic carbocycles. The molecule has 0 atom stereocenters. The smallest absolute Gasteiger partial charge is 0.211 e. The maximum atomic E-state index is 11.0. The van der Waals surface area contributed by atoms with Gasteiger partial charge in [0, 0.05) is 20.3 Å². The first-order chi connectivity index (χ1) is 5.62. The highest BCUT2D eigenvalue weighted by Crippen LogP contribution is 1.89. The Morgan fingerprint density at radius 3 is 2.67 bits per heavy atom. The second-order valence-corrected chi connectivity index (χ2v) is 4.21. The van der Waals surface area contributed by atoms with Crippen molar-refractivity contribution in [2.45, 2.75) is 6.42 Å². The van der Waals surface area contributed by atoms with E-state index in [1.807, 2.05) is 0 Å². The number of hydrogen-bond acceptors (Lipinski definition) is 4. The first kappa shape index (κ1) is 11.8. The van der Waals surface area contributed by atoms with Crippen LogP contribution in [0, 0.1) is 0 Å². The molecule has 5 nitrogen and oxygen atoms in total. The number of nitrogens with one attached hydrogen (secondary N) is 1. The topological polar surface area (TPSA) is 75.6 Å². The monoisotopic (exact) mass is 197 g/mol. The molecule has 0 aliphatic carbocycles. The van der Waals surface area contributed by atoms with Crippen LogP contribution >= 0.6 is 0 Å². The summed E-state index contributed by atoms with van der Waals surface area (Å²) in [7, 11) is -1.68. The Kier molecular flexibility index (Phi) is 6.27. The molecule has 0 spiro atoms. The van der Waals surface area contributed by atoms with Gasteiger partial charge in [-0.05, 0) is 6.42 Å². The van der Waals surface area contributed by atoms with Crippen molar-refractivity contribution in [3.05, 3.63) is 0 Å². The van der Waals surface area contributed by atoms with E-state index in [-0.39, 0.29) is 18.9 Å². The van der Waals surface area contributed by atoms with Crippen LogP contribution in [-0.4, -0.2) is 46.1 Å². The number of aliphatic hydroxyl groups excluding tert-OH is 1. The molecule has 6 heteroatoms. The fourth-order valence-corrected chi connectivity index (χ4v) is 1.71. The maximum Gasteiger partial charge on any atom is 0.211 e. The van der Waals surface area contributed by atoms with Gasteiger partial charge in [0.25, 0.3) is 0 Å². The molecule has 0 saturated heterocycles. The van der Waals surface area contributed by atoms with Crippen LogP contribution in [0.2, 0.25) is 0 Å². The molecule has 0 rings (SSSR count). The largest absolute Gasteiger partial charge is 0.395 e. The van der Waals surface area contributed by atoms with Gasteiger partial charge in [0.05, 0.1) is 12.4 Å². The Labute approximate surface area is 72.8 Å². The van der Waals surface area contributed by atoms with Gasteiger partial charge in [-0.25, -0.2) is 13.1 Å². The summed E-state index contributed by atoms with van der Waals surface area (Å²) in [5.74, 6) is 0.0425. The van der Waals surface area contributed by atoms with Crippen molar-refractivity contribution in [1.82, 2.24) is 4.72 Å². The molecule has 74 valence electrons. The van der Waals surface area contributed by atoms with Crippen LogP contribution in [0.25, 0.3) is 0 Å². The van der Waals surface area contributed by atoms with E-state index >= 15 is 0 Å². The Hall–Kier alpha value is -0.170. The zero-order chi connectivity index (χ0) is 9.45. The highest BCUT2D eigenvalue weighted by atomic mass is 32.2. The van der Waals surface area contributed by atoms with Gasteiger partial charge >= 0.3 is 0 Å². The van der Waals surface area contributed by atoms with Crippen LogP contribution in [0.5, 0.6) is 0 Å². The standard InChI is InChI=1S/C6H15NO4S/c1-11-5-2-6-12(9,10)7-3-4-8/h7-8H,2-6H2,1H3. The van der Waals surface area contributed by atoms with Gasteiger partial charge in [-0.1, -0.05) is 0 Å². The molecule has 0 fully saturated rings. The number of ether oxygens (including phenoxy) is 1. The fraction of sp³-hybridized carbons (Fsp3) is 1.00. The van der Waals surface area contributed by atoms with Gasteiger partial charge in [-0.15, -0.1) is 0 Å². The van der Waals surface area contributed by atoms with Crippen LogP contribution < -0.4 is 4.72 Å². The predicted molar refractivity (Wildman–Crippen MR) is 45.4 cm³/mol. The predicted octanol–water partition coefficient (Wildman–Crippen LogP) is -1.07. The van der Waals surface area contributed by atoms with Gasteiger partial charge in [0.2, 0.25) is 10.0 Å². The molecule has 0 bridgehead atoms. The van der Waals surface area contributed by atoms with E-state index in [0.29, 0.717) is 13.0 Å². The summed E-state index contributed by atoms with van der Waals surface area (Å²) in [6.45, 7) is 0.332. The second kappa shape index (κ2) is 6.36. The lowest BCUT2D eigenvalue weighted by Crippen LogP contribution is -2.29. The molecule has 0 aliphatic heterocycles. The number of rotatable bonds is 7. The zero-order valence-electron chi connectivity index (χ0n) is 7.12. The summed E-state index contributed by atoms with van der Waals surface area (Å²) < 4.78 is 28.9. The van der Waals surface area contributed by atoms with Gasteiger partial charge in [0.15, 0.2) is 0 Å². The average molecular weight is 197 g/mol. The van der Waals surface area contributed by atoms with E-state index < -0.39 is 10.0 Å². The van der Waals surface area contributed by atoms with Crippen LogP contribution in [0.3, 0.4) is 0 Å². The lowest BCUT2D eigenvalue weighted by atomic mass is 10.5. The summed E-state index contributed by atoms with van der Waals surface area (Å²) in [6, 6.07) is 0. The Balaban J connectivity index is 3.58. The van der Waals surface area contributed by atoms with Crippen LogP contribution in [0.4, 0.5) is 0 Å². The summed E-state index contributed by atoms with van der Waals surface area (Å²) in [5, 5.41) is 8.35. The summed E-state index contributed by atoms with van der Waals surface area (Å²) in [5.41, 5.74) is 0. The molecule has 12 heavy (non-hydrogen) atoms. The summed E-state index contributed by atoms with van der Waals surface area (Å²) in [6.07, 6.45) is 0.470. The van der Waals surface area contributed by atoms with Crippen molar-refractivity contribution >= 4 is 10.0 Å². The van der Waals surface area contributed by atoms with Gasteiger partial charge in [-0.3, -0.25) is 0 Å². The maximum absolute atomic E-state index is 11.0. The van der Waals surface area contributed by atoms with Gasteiger partial charge in [0.1, 0.15) is 0 Å². The molecule has 0 unspecified atom stereocenters. The normalized spacial score (nSPS) is 11.8. The highest BCUT2D eigenvalue weighted by molar-refractivity contribution is 7.89. The SMILES string of the molecule is COCCCS(=O)(=O)NCCO. The van der Waals surface area contributed by atoms with Crippen molar-refractivity contribution < 1.29 is 18.3 Å². The molecule has 0 aliphatic rings. The van der Waals surface area contributed by atoms with Crippen molar-refractivity contribution in [3.63, 3.8) is 0 Å². The number of sulfonamides is 1. The quantitative estimate of drug-likeness (QED) is 0.510. The van der Waals surface area contributed by atoms with Gasteiger partial charge in [-0.2, -0.15) is 0 Å². The zero-order valence-corrected chi connectivity index (χ0v) is 7.93. The van der Waals surface area contributed by atoms with Crippen molar-refractivity contribution in [2.75, 3.05) is 32.6 Å². The van der Waals surface area contributed by atoms with E-state index in [2.05, 4.69) is 4.72 Å². The van der Waals surface area contributed by atoms with Crippen LogP contribution in [0.15, 0.2) is 0 Å². The molecule has 0 aromatic heterocycles. The van der Waals surface area contributed by atoms with Crippen LogP contribution in [0.1, 0.15) is 6.42 Å². The van der Waals surface area contributed by atoms with E-state index in [9.17, 15) is 8.42 Å². The first-order valence-corrected chi connectivity index (χ1v) is 5.35. The van der Waals surface area contributed by atoms with Crippen molar-refractivity contribution in [2.24, 2.45) is 0 Å². The Bertz CT molecular complexity index is 190. The Morgan fingerprint density at radius 2 is 2.17 bits per heavy atom. The molecule has 0 aromatic rings. The summed E-state index contributed by atoms with van der Waals surface area (Å²) in [4.78, 5) is 0. The fourth-order valence-electron chi connectivity index (χ4n) is 0.667. The lowest BCUT2D eigenvalue weighted by Gasteiger charge is -2.03. The Morgan fingerprint density at radius 1 is 1.50 bits per heavy atom. The van der Waals surface area contributed by atoms with Gasteiger partial charge < -0.3 is 9.84 Å². The lowest BCUT2D eigenvalue weighted by molar-refractivity contribution is 0.199. The third-order valence-corrected chi connectivity index (χ3v) is 2.67. The molecule has 0 amide bonds. The minimum absolute atomic E-state index is 0.0425.